The summed E-state index contributed by atoms with van der Waals surface area (Å²) in [6, 6.07) is 6.18. The molecule has 0 radical (unpaired) electrons. The van der Waals surface area contributed by atoms with E-state index in [0.717, 1.165) is 17.0 Å². The van der Waals surface area contributed by atoms with Crippen molar-refractivity contribution in [2.45, 2.75) is 32.0 Å². The maximum Gasteiger partial charge on any atom is 0.331 e. The SMILES string of the molecule is CCC1Oc2ccc(Cl)cc2C(C(=O)O)N(Cc2c(F)cccc2F)C1=O. The largest absolute Gasteiger partial charge is 0.480 e. The molecule has 0 saturated heterocycles. The number of fused-ring (bicyclic) bond motifs is 1. The number of hydrogen-bond donors (Lipinski definition) is 1. The predicted molar refractivity (Wildman–Crippen MR) is 93.4 cm³/mol. The second kappa shape index (κ2) is 7.52. The van der Waals surface area contributed by atoms with E-state index in [4.69, 9.17) is 16.3 Å². The molecule has 0 saturated carbocycles. The summed E-state index contributed by atoms with van der Waals surface area (Å²) >= 11 is 5.99. The number of amides is 1. The van der Waals surface area contributed by atoms with Crippen LogP contribution in [0.3, 0.4) is 0 Å². The van der Waals surface area contributed by atoms with Crippen LogP contribution in [-0.2, 0) is 16.1 Å². The molecular weight excluding hydrogens is 380 g/mol. The molecule has 0 aromatic heterocycles. The second-order valence-corrected chi connectivity index (χ2v) is 6.54. The minimum Gasteiger partial charge on any atom is -0.480 e. The number of nitrogens with zero attached hydrogens (tertiary/aromatic N) is 1. The summed E-state index contributed by atoms with van der Waals surface area (Å²) in [6.45, 7) is 1.14. The van der Waals surface area contributed by atoms with Crippen molar-refractivity contribution in [2.75, 3.05) is 0 Å². The van der Waals surface area contributed by atoms with Crippen LogP contribution in [0.1, 0.15) is 30.5 Å². The maximum absolute atomic E-state index is 14.1. The molecule has 1 aliphatic rings. The van der Waals surface area contributed by atoms with Crippen molar-refractivity contribution >= 4 is 23.5 Å². The number of ether oxygens (including phenoxy) is 1. The Hall–Kier alpha value is -2.67. The van der Waals surface area contributed by atoms with E-state index in [9.17, 15) is 23.5 Å². The predicted octanol–water partition coefficient (Wildman–Crippen LogP) is 3.94. The number of halogens is 3. The lowest BCUT2D eigenvalue weighted by Gasteiger charge is -2.29. The van der Waals surface area contributed by atoms with E-state index >= 15 is 0 Å². The Labute approximate surface area is 159 Å². The lowest BCUT2D eigenvalue weighted by molar-refractivity contribution is -0.153. The van der Waals surface area contributed by atoms with Crippen molar-refractivity contribution in [3.8, 4) is 5.75 Å². The third-order valence-electron chi connectivity index (χ3n) is 4.40. The van der Waals surface area contributed by atoms with E-state index in [1.807, 2.05) is 0 Å². The van der Waals surface area contributed by atoms with Gasteiger partial charge in [0.2, 0.25) is 0 Å². The van der Waals surface area contributed by atoms with E-state index in [-0.39, 0.29) is 22.8 Å². The van der Waals surface area contributed by atoms with Crippen molar-refractivity contribution in [1.29, 1.82) is 0 Å². The van der Waals surface area contributed by atoms with Crippen molar-refractivity contribution in [1.82, 2.24) is 4.90 Å². The number of carboxylic acids is 1. The van der Waals surface area contributed by atoms with Gasteiger partial charge in [-0.25, -0.2) is 13.6 Å². The summed E-state index contributed by atoms with van der Waals surface area (Å²) in [5, 5.41) is 10.0. The molecule has 2 unspecified atom stereocenters. The summed E-state index contributed by atoms with van der Waals surface area (Å²) < 4.78 is 33.9. The average molecular weight is 396 g/mol. The minimum atomic E-state index is -1.50. The number of carboxylic acid groups (broad SMARTS) is 1. The molecule has 1 amide bonds. The highest BCUT2D eigenvalue weighted by Gasteiger charge is 2.41. The number of carbonyl (C=O) groups excluding carboxylic acids is 1. The molecule has 2 aromatic rings. The van der Waals surface area contributed by atoms with Gasteiger partial charge in [-0.1, -0.05) is 24.6 Å². The van der Waals surface area contributed by atoms with E-state index in [2.05, 4.69) is 0 Å². The molecule has 0 bridgehead atoms. The Balaban J connectivity index is 2.16. The third-order valence-corrected chi connectivity index (χ3v) is 4.64. The Morgan fingerprint density at radius 1 is 1.26 bits per heavy atom. The standard InChI is InChI=1S/C19H16ClF2NO4/c1-2-15-18(24)23(9-12-13(21)4-3-5-14(12)22)17(19(25)26)11-8-10(20)6-7-16(11)27-15/h3-8,15,17H,2,9H2,1H3,(H,25,26). The van der Waals surface area contributed by atoms with Crippen LogP contribution in [0.2, 0.25) is 5.02 Å². The molecule has 142 valence electrons. The number of rotatable bonds is 4. The number of benzene rings is 2. The van der Waals surface area contributed by atoms with Crippen LogP contribution >= 0.6 is 11.6 Å². The van der Waals surface area contributed by atoms with Gasteiger partial charge in [-0.15, -0.1) is 0 Å². The van der Waals surface area contributed by atoms with Crippen molar-refractivity contribution in [2.24, 2.45) is 0 Å². The zero-order valence-corrected chi connectivity index (χ0v) is 15.0. The summed E-state index contributed by atoms with van der Waals surface area (Å²) in [5.41, 5.74) is -0.242. The Kier molecular flexibility index (Phi) is 5.32. The first-order valence-corrected chi connectivity index (χ1v) is 8.63. The van der Waals surface area contributed by atoms with Crippen molar-refractivity contribution in [3.63, 3.8) is 0 Å². The molecule has 0 aliphatic carbocycles. The number of aliphatic carboxylic acids is 1. The van der Waals surface area contributed by atoms with E-state index in [1.165, 1.54) is 24.3 Å². The zero-order chi connectivity index (χ0) is 19.7. The van der Waals surface area contributed by atoms with Gasteiger partial charge in [0.25, 0.3) is 5.91 Å². The maximum atomic E-state index is 14.1. The minimum absolute atomic E-state index is 0.149. The fourth-order valence-electron chi connectivity index (χ4n) is 3.07. The van der Waals surface area contributed by atoms with Crippen LogP contribution < -0.4 is 4.74 Å². The van der Waals surface area contributed by atoms with E-state index in [0.29, 0.717) is 0 Å². The Morgan fingerprint density at radius 3 is 2.52 bits per heavy atom. The number of hydrogen-bond acceptors (Lipinski definition) is 3. The molecule has 2 aromatic carbocycles. The normalized spacial score (nSPS) is 19.3. The zero-order valence-electron chi connectivity index (χ0n) is 14.3. The molecule has 2 atom stereocenters. The van der Waals surface area contributed by atoms with Gasteiger partial charge in [0.15, 0.2) is 12.1 Å². The highest BCUT2D eigenvalue weighted by Crippen LogP contribution is 2.37. The van der Waals surface area contributed by atoms with Crippen LogP contribution in [0.15, 0.2) is 36.4 Å². The van der Waals surface area contributed by atoms with Gasteiger partial charge in [-0.05, 0) is 36.8 Å². The highest BCUT2D eigenvalue weighted by molar-refractivity contribution is 6.30. The van der Waals surface area contributed by atoms with Crippen molar-refractivity contribution < 1.29 is 28.2 Å². The van der Waals surface area contributed by atoms with Crippen LogP contribution in [-0.4, -0.2) is 28.0 Å². The second-order valence-electron chi connectivity index (χ2n) is 6.10. The van der Waals surface area contributed by atoms with Gasteiger partial charge in [-0.3, -0.25) is 4.79 Å². The monoisotopic (exact) mass is 395 g/mol. The molecule has 3 rings (SSSR count). The van der Waals surface area contributed by atoms with Gasteiger partial charge < -0.3 is 14.7 Å². The van der Waals surface area contributed by atoms with Gasteiger partial charge in [0, 0.05) is 16.1 Å². The Bertz CT molecular complexity index is 885. The van der Waals surface area contributed by atoms with Gasteiger partial charge >= 0.3 is 5.97 Å². The van der Waals surface area contributed by atoms with Crippen LogP contribution in [0.5, 0.6) is 5.75 Å². The Morgan fingerprint density at radius 2 is 1.93 bits per heavy atom. The quantitative estimate of drug-likeness (QED) is 0.851. The molecule has 0 fully saturated rings. The summed E-state index contributed by atoms with van der Waals surface area (Å²) in [6.07, 6.45) is -0.729. The van der Waals surface area contributed by atoms with Gasteiger partial charge in [0.05, 0.1) is 6.54 Å². The van der Waals surface area contributed by atoms with Gasteiger partial charge in [-0.2, -0.15) is 0 Å². The molecule has 5 nitrogen and oxygen atoms in total. The van der Waals surface area contributed by atoms with Crippen molar-refractivity contribution in [3.05, 3.63) is 64.2 Å². The molecule has 8 heteroatoms. The summed E-state index contributed by atoms with van der Waals surface area (Å²) in [7, 11) is 0. The van der Waals surface area contributed by atoms with E-state index in [1.54, 1.807) is 6.92 Å². The highest BCUT2D eigenvalue weighted by atomic mass is 35.5. The summed E-state index contributed by atoms with van der Waals surface area (Å²) in [5.74, 6) is -3.56. The third kappa shape index (κ3) is 3.60. The molecule has 1 aliphatic heterocycles. The van der Waals surface area contributed by atoms with Gasteiger partial charge in [0.1, 0.15) is 17.4 Å². The van der Waals surface area contributed by atoms with E-state index < -0.39 is 47.8 Å². The topological polar surface area (TPSA) is 66.8 Å². The smallest absolute Gasteiger partial charge is 0.331 e. The molecule has 1 N–H and O–H groups in total. The number of carbonyl (C=O) groups is 2. The average Bonchev–Trinajstić information content (AvgIpc) is 2.73. The first kappa shape index (κ1) is 19.1. The first-order chi connectivity index (χ1) is 12.8. The molecule has 27 heavy (non-hydrogen) atoms. The van der Waals surface area contributed by atoms with Crippen LogP contribution in [0.4, 0.5) is 8.78 Å². The molecular formula is C19H16ClF2NO4. The fraction of sp³-hybridized carbons (Fsp3) is 0.263. The fourth-order valence-corrected chi connectivity index (χ4v) is 3.25. The lowest BCUT2D eigenvalue weighted by Crippen LogP contribution is -2.43. The first-order valence-electron chi connectivity index (χ1n) is 8.25. The lowest BCUT2D eigenvalue weighted by atomic mass is 10.0. The van der Waals surface area contributed by atoms with Crippen LogP contribution in [0.25, 0.3) is 0 Å². The molecule has 0 spiro atoms. The molecule has 1 heterocycles. The van der Waals surface area contributed by atoms with Crippen LogP contribution in [0, 0.1) is 11.6 Å². The summed E-state index contributed by atoms with van der Waals surface area (Å²) in [4.78, 5) is 25.9.